The Kier molecular flexibility index (Phi) is 2.06. The van der Waals surface area contributed by atoms with E-state index in [2.05, 4.69) is 0 Å². The minimum absolute atomic E-state index is 0.0347. The van der Waals surface area contributed by atoms with E-state index in [0.29, 0.717) is 5.56 Å². The van der Waals surface area contributed by atoms with E-state index in [1.807, 2.05) is 0 Å². The SMILES string of the molecule is O=C1CC(O)(c2ccccc2)C(=O)N1O. The summed E-state index contributed by atoms with van der Waals surface area (Å²) in [7, 11) is 0. The van der Waals surface area contributed by atoms with Crippen molar-refractivity contribution in [1.29, 1.82) is 0 Å². The quantitative estimate of drug-likeness (QED) is 0.502. The Bertz CT molecular complexity index is 417. The van der Waals surface area contributed by atoms with Crippen LogP contribution < -0.4 is 0 Å². The van der Waals surface area contributed by atoms with Crippen molar-refractivity contribution in [2.75, 3.05) is 0 Å². The van der Waals surface area contributed by atoms with Gasteiger partial charge in [0.15, 0.2) is 5.60 Å². The van der Waals surface area contributed by atoms with Gasteiger partial charge in [-0.25, -0.2) is 0 Å². The summed E-state index contributed by atoms with van der Waals surface area (Å²) in [6.07, 6.45) is -0.424. The Balaban J connectivity index is 2.45. The molecule has 2 rings (SSSR count). The molecule has 1 atom stereocenters. The molecule has 1 aromatic carbocycles. The second-order valence-electron chi connectivity index (χ2n) is 3.41. The lowest BCUT2D eigenvalue weighted by Gasteiger charge is -2.18. The number of aliphatic hydroxyl groups is 1. The number of imide groups is 1. The molecule has 1 aliphatic heterocycles. The molecule has 0 aliphatic carbocycles. The molecule has 0 aromatic heterocycles. The second-order valence-corrected chi connectivity index (χ2v) is 3.41. The zero-order valence-electron chi connectivity index (χ0n) is 7.75. The third-order valence-electron chi connectivity index (χ3n) is 2.44. The fourth-order valence-electron chi connectivity index (χ4n) is 1.60. The van der Waals surface area contributed by atoms with Crippen LogP contribution in [0.3, 0.4) is 0 Å². The van der Waals surface area contributed by atoms with Crippen molar-refractivity contribution in [3.05, 3.63) is 35.9 Å². The van der Waals surface area contributed by atoms with Gasteiger partial charge in [-0.15, -0.1) is 0 Å². The molecule has 15 heavy (non-hydrogen) atoms. The summed E-state index contributed by atoms with van der Waals surface area (Å²) in [4.78, 5) is 22.5. The number of hydrogen-bond acceptors (Lipinski definition) is 4. The largest absolute Gasteiger partial charge is 0.375 e. The van der Waals surface area contributed by atoms with Crippen molar-refractivity contribution in [3.8, 4) is 0 Å². The lowest BCUT2D eigenvalue weighted by Crippen LogP contribution is -2.36. The number of benzene rings is 1. The van der Waals surface area contributed by atoms with Gasteiger partial charge in [0.1, 0.15) is 0 Å². The highest BCUT2D eigenvalue weighted by atomic mass is 16.5. The number of amides is 2. The Morgan fingerprint density at radius 3 is 2.27 bits per heavy atom. The van der Waals surface area contributed by atoms with Crippen LogP contribution in [0.1, 0.15) is 12.0 Å². The molecule has 0 bridgehead atoms. The van der Waals surface area contributed by atoms with Gasteiger partial charge in [-0.1, -0.05) is 30.3 Å². The van der Waals surface area contributed by atoms with E-state index in [1.54, 1.807) is 18.2 Å². The summed E-state index contributed by atoms with van der Waals surface area (Å²) in [6.45, 7) is 0. The zero-order chi connectivity index (χ0) is 11.1. The van der Waals surface area contributed by atoms with Gasteiger partial charge in [0.25, 0.3) is 11.8 Å². The van der Waals surface area contributed by atoms with Crippen molar-refractivity contribution in [2.45, 2.75) is 12.0 Å². The first-order valence-corrected chi connectivity index (χ1v) is 4.40. The van der Waals surface area contributed by atoms with E-state index in [0.717, 1.165) is 0 Å². The molecule has 2 amide bonds. The number of carbonyl (C=O) groups is 2. The number of nitrogens with zero attached hydrogens (tertiary/aromatic N) is 1. The van der Waals surface area contributed by atoms with Gasteiger partial charge in [0.05, 0.1) is 6.42 Å². The van der Waals surface area contributed by atoms with Crippen molar-refractivity contribution >= 4 is 11.8 Å². The summed E-state index contributed by atoms with van der Waals surface area (Å²) >= 11 is 0. The standard InChI is InChI=1S/C10H9NO4/c12-8-6-10(14,9(13)11(8)15)7-4-2-1-3-5-7/h1-5,14-15H,6H2. The van der Waals surface area contributed by atoms with Crippen LogP contribution in [0, 0.1) is 0 Å². The lowest BCUT2D eigenvalue weighted by molar-refractivity contribution is -0.177. The van der Waals surface area contributed by atoms with Crippen LogP contribution in [0.4, 0.5) is 0 Å². The molecule has 0 radical (unpaired) electrons. The van der Waals surface area contributed by atoms with Gasteiger partial charge < -0.3 is 5.11 Å². The normalized spacial score (nSPS) is 26.1. The maximum Gasteiger partial charge on any atom is 0.290 e. The monoisotopic (exact) mass is 207 g/mol. The lowest BCUT2D eigenvalue weighted by atomic mass is 9.92. The summed E-state index contributed by atoms with van der Waals surface area (Å²) in [5.74, 6) is -1.80. The highest BCUT2D eigenvalue weighted by Crippen LogP contribution is 2.32. The van der Waals surface area contributed by atoms with Gasteiger partial charge in [0, 0.05) is 0 Å². The minimum Gasteiger partial charge on any atom is -0.375 e. The molecule has 78 valence electrons. The highest BCUT2D eigenvalue weighted by Gasteiger charge is 2.51. The fraction of sp³-hybridized carbons (Fsp3) is 0.200. The van der Waals surface area contributed by atoms with Crippen LogP contribution in [0.15, 0.2) is 30.3 Å². The van der Waals surface area contributed by atoms with Crippen LogP contribution in [-0.4, -0.2) is 27.2 Å². The topological polar surface area (TPSA) is 77.8 Å². The number of carbonyl (C=O) groups excluding carboxylic acids is 2. The third-order valence-corrected chi connectivity index (χ3v) is 2.44. The van der Waals surface area contributed by atoms with Crippen LogP contribution in [-0.2, 0) is 15.2 Å². The minimum atomic E-state index is -1.92. The van der Waals surface area contributed by atoms with Crippen LogP contribution in [0.25, 0.3) is 0 Å². The smallest absolute Gasteiger partial charge is 0.290 e. The first-order valence-electron chi connectivity index (χ1n) is 4.40. The molecule has 1 aromatic rings. The maximum atomic E-state index is 11.4. The van der Waals surface area contributed by atoms with Gasteiger partial charge in [-0.05, 0) is 5.56 Å². The molecule has 0 saturated carbocycles. The van der Waals surface area contributed by atoms with Crippen LogP contribution >= 0.6 is 0 Å². The van der Waals surface area contributed by atoms with Gasteiger partial charge in [0.2, 0.25) is 0 Å². The molecule has 1 saturated heterocycles. The first-order chi connectivity index (χ1) is 7.05. The Hall–Kier alpha value is -1.72. The van der Waals surface area contributed by atoms with Crippen LogP contribution in [0.2, 0.25) is 0 Å². The number of hydrogen-bond donors (Lipinski definition) is 2. The molecule has 1 aliphatic rings. The van der Waals surface area contributed by atoms with Crippen LogP contribution in [0.5, 0.6) is 0 Å². The fourth-order valence-corrected chi connectivity index (χ4v) is 1.60. The van der Waals surface area contributed by atoms with E-state index in [9.17, 15) is 14.7 Å². The first kappa shape index (κ1) is 9.82. The second kappa shape index (κ2) is 3.15. The summed E-state index contributed by atoms with van der Waals surface area (Å²) in [5, 5.41) is 19.0. The molecular weight excluding hydrogens is 198 g/mol. The van der Waals surface area contributed by atoms with E-state index in [1.165, 1.54) is 12.1 Å². The molecule has 2 N–H and O–H groups in total. The Morgan fingerprint density at radius 2 is 1.80 bits per heavy atom. The van der Waals surface area contributed by atoms with E-state index < -0.39 is 23.8 Å². The Morgan fingerprint density at radius 1 is 1.20 bits per heavy atom. The van der Waals surface area contributed by atoms with Gasteiger partial charge >= 0.3 is 0 Å². The van der Waals surface area contributed by atoms with Gasteiger partial charge in [-0.3, -0.25) is 14.8 Å². The predicted molar refractivity (Wildman–Crippen MR) is 48.6 cm³/mol. The van der Waals surface area contributed by atoms with E-state index >= 15 is 0 Å². The average Bonchev–Trinajstić information content (AvgIpc) is 2.45. The van der Waals surface area contributed by atoms with Crippen molar-refractivity contribution in [2.24, 2.45) is 0 Å². The molecule has 5 heteroatoms. The summed E-state index contributed by atoms with van der Waals surface area (Å²) < 4.78 is 0. The zero-order valence-corrected chi connectivity index (χ0v) is 7.75. The average molecular weight is 207 g/mol. The Labute approximate surface area is 85.5 Å². The molecule has 1 fully saturated rings. The summed E-state index contributed by atoms with van der Waals surface area (Å²) in [5.41, 5.74) is -1.62. The molecule has 5 nitrogen and oxygen atoms in total. The summed E-state index contributed by atoms with van der Waals surface area (Å²) in [6, 6.07) is 8.08. The molecule has 1 heterocycles. The molecule has 1 unspecified atom stereocenters. The molecule has 0 spiro atoms. The number of hydroxylamine groups is 2. The van der Waals surface area contributed by atoms with Crippen molar-refractivity contribution < 1.29 is 19.9 Å². The van der Waals surface area contributed by atoms with Crippen molar-refractivity contribution in [3.63, 3.8) is 0 Å². The number of rotatable bonds is 1. The van der Waals surface area contributed by atoms with E-state index in [-0.39, 0.29) is 5.06 Å². The van der Waals surface area contributed by atoms with Crippen molar-refractivity contribution in [1.82, 2.24) is 5.06 Å². The predicted octanol–water partition coefficient (Wildman–Crippen LogP) is 0.0223. The molecular formula is C10H9NO4. The van der Waals surface area contributed by atoms with E-state index in [4.69, 9.17) is 5.21 Å². The highest BCUT2D eigenvalue weighted by molar-refractivity contribution is 6.06. The third kappa shape index (κ3) is 1.33. The maximum absolute atomic E-state index is 11.4. The van der Waals surface area contributed by atoms with Gasteiger partial charge in [-0.2, -0.15) is 5.06 Å².